The number of nitrogens with one attached hydrogen (secondary N) is 1. The fraction of sp³-hybridized carbons (Fsp3) is 0.917. The van der Waals surface area contributed by atoms with Crippen LogP contribution in [0.15, 0.2) is 0 Å². The van der Waals surface area contributed by atoms with Crippen LogP contribution in [0.2, 0.25) is 0 Å². The summed E-state index contributed by atoms with van der Waals surface area (Å²) in [6.07, 6.45) is 3.82. The topological polar surface area (TPSA) is 52.6 Å². The summed E-state index contributed by atoms with van der Waals surface area (Å²) < 4.78 is 0. The van der Waals surface area contributed by atoms with Gasteiger partial charge in [-0.05, 0) is 32.2 Å². The lowest BCUT2D eigenvalue weighted by atomic mass is 9.82. The first kappa shape index (κ1) is 11.9. The molecule has 2 rings (SSSR count). The van der Waals surface area contributed by atoms with E-state index in [9.17, 15) is 9.90 Å². The van der Waals surface area contributed by atoms with Gasteiger partial charge in [-0.1, -0.05) is 6.92 Å². The summed E-state index contributed by atoms with van der Waals surface area (Å²) in [5, 5.41) is 12.6. The second kappa shape index (κ2) is 4.72. The standard InChI is InChI=1S/C12H22N2O2/c1-2-12(5-6-13-9-12)11(16)14-7-3-4-10(14)8-15/h10,13,15H,2-9H2,1H3. The average molecular weight is 226 g/mol. The number of likely N-dealkylation sites (tertiary alicyclic amines) is 1. The van der Waals surface area contributed by atoms with E-state index < -0.39 is 0 Å². The predicted molar refractivity (Wildman–Crippen MR) is 62.0 cm³/mol. The molecule has 2 fully saturated rings. The van der Waals surface area contributed by atoms with Gasteiger partial charge in [-0.25, -0.2) is 0 Å². The molecular weight excluding hydrogens is 204 g/mol. The lowest BCUT2D eigenvalue weighted by Crippen LogP contribution is -2.48. The molecule has 0 aromatic heterocycles. The van der Waals surface area contributed by atoms with E-state index in [1.807, 2.05) is 4.90 Å². The Labute approximate surface area is 97.0 Å². The van der Waals surface area contributed by atoms with E-state index in [0.717, 1.165) is 45.3 Å². The fourth-order valence-corrected chi connectivity index (χ4v) is 2.98. The van der Waals surface area contributed by atoms with Crippen molar-refractivity contribution in [3.8, 4) is 0 Å². The first-order valence-electron chi connectivity index (χ1n) is 6.36. The molecule has 2 aliphatic heterocycles. The van der Waals surface area contributed by atoms with Gasteiger partial charge < -0.3 is 15.3 Å². The van der Waals surface area contributed by atoms with E-state index in [2.05, 4.69) is 12.2 Å². The molecule has 2 aliphatic rings. The Morgan fingerprint density at radius 1 is 1.62 bits per heavy atom. The molecule has 0 aromatic carbocycles. The molecule has 2 unspecified atom stereocenters. The Hall–Kier alpha value is -0.610. The van der Waals surface area contributed by atoms with Crippen LogP contribution in [-0.4, -0.2) is 48.2 Å². The number of rotatable bonds is 3. The Morgan fingerprint density at radius 3 is 3.00 bits per heavy atom. The van der Waals surface area contributed by atoms with Crippen molar-refractivity contribution in [2.45, 2.75) is 38.6 Å². The van der Waals surface area contributed by atoms with Gasteiger partial charge >= 0.3 is 0 Å². The number of nitrogens with zero attached hydrogens (tertiary/aromatic N) is 1. The van der Waals surface area contributed by atoms with Crippen molar-refractivity contribution in [2.75, 3.05) is 26.2 Å². The quantitative estimate of drug-likeness (QED) is 0.730. The highest BCUT2D eigenvalue weighted by Crippen LogP contribution is 2.34. The monoisotopic (exact) mass is 226 g/mol. The van der Waals surface area contributed by atoms with Gasteiger partial charge in [0.1, 0.15) is 0 Å². The van der Waals surface area contributed by atoms with Crippen LogP contribution in [0.1, 0.15) is 32.6 Å². The third kappa shape index (κ3) is 1.84. The summed E-state index contributed by atoms with van der Waals surface area (Å²) in [6.45, 7) is 4.77. The molecular formula is C12H22N2O2. The third-order valence-electron chi connectivity index (χ3n) is 4.22. The predicted octanol–water partition coefficient (Wildman–Crippen LogP) is 0.359. The molecule has 4 heteroatoms. The van der Waals surface area contributed by atoms with Gasteiger partial charge in [0.25, 0.3) is 0 Å². The lowest BCUT2D eigenvalue weighted by molar-refractivity contribution is -0.143. The Kier molecular flexibility index (Phi) is 3.50. The highest BCUT2D eigenvalue weighted by Gasteiger charge is 2.44. The van der Waals surface area contributed by atoms with E-state index in [-0.39, 0.29) is 24.0 Å². The van der Waals surface area contributed by atoms with Gasteiger partial charge in [-0.2, -0.15) is 0 Å². The summed E-state index contributed by atoms with van der Waals surface area (Å²) in [5.74, 6) is 0.261. The van der Waals surface area contributed by atoms with E-state index in [1.165, 1.54) is 0 Å². The smallest absolute Gasteiger partial charge is 0.230 e. The molecule has 0 spiro atoms. The summed E-state index contributed by atoms with van der Waals surface area (Å²) in [7, 11) is 0. The maximum atomic E-state index is 12.5. The van der Waals surface area contributed by atoms with Crippen LogP contribution in [0.4, 0.5) is 0 Å². The van der Waals surface area contributed by atoms with Crippen LogP contribution in [0.25, 0.3) is 0 Å². The van der Waals surface area contributed by atoms with Gasteiger partial charge in [-0.15, -0.1) is 0 Å². The highest BCUT2D eigenvalue weighted by molar-refractivity contribution is 5.84. The van der Waals surface area contributed by atoms with Crippen molar-refractivity contribution in [1.29, 1.82) is 0 Å². The van der Waals surface area contributed by atoms with E-state index >= 15 is 0 Å². The van der Waals surface area contributed by atoms with Crippen LogP contribution in [0, 0.1) is 5.41 Å². The van der Waals surface area contributed by atoms with Gasteiger partial charge in [0, 0.05) is 13.1 Å². The summed E-state index contributed by atoms with van der Waals surface area (Å²) >= 11 is 0. The molecule has 1 amide bonds. The van der Waals surface area contributed by atoms with Crippen LogP contribution in [-0.2, 0) is 4.79 Å². The Balaban J connectivity index is 2.10. The average Bonchev–Trinajstić information content (AvgIpc) is 2.97. The van der Waals surface area contributed by atoms with Crippen LogP contribution < -0.4 is 5.32 Å². The minimum absolute atomic E-state index is 0.0662. The Bertz CT molecular complexity index is 262. The number of aliphatic hydroxyl groups is 1. The van der Waals surface area contributed by atoms with Gasteiger partial charge in [0.05, 0.1) is 18.1 Å². The van der Waals surface area contributed by atoms with E-state index in [4.69, 9.17) is 0 Å². The summed E-state index contributed by atoms with van der Waals surface area (Å²) in [6, 6.07) is 0.0662. The molecule has 2 heterocycles. The van der Waals surface area contributed by atoms with Crippen molar-refractivity contribution in [3.63, 3.8) is 0 Å². The van der Waals surface area contributed by atoms with Gasteiger partial charge in [0.15, 0.2) is 0 Å². The largest absolute Gasteiger partial charge is 0.394 e. The number of aliphatic hydroxyl groups excluding tert-OH is 1. The molecule has 0 bridgehead atoms. The van der Waals surface area contributed by atoms with Gasteiger partial charge in [0.2, 0.25) is 5.91 Å². The second-order valence-corrected chi connectivity index (χ2v) is 5.04. The van der Waals surface area contributed by atoms with Crippen molar-refractivity contribution in [2.24, 2.45) is 5.41 Å². The maximum Gasteiger partial charge on any atom is 0.230 e. The minimum atomic E-state index is -0.197. The van der Waals surface area contributed by atoms with Crippen LogP contribution in [0.5, 0.6) is 0 Å². The fourth-order valence-electron chi connectivity index (χ4n) is 2.98. The molecule has 0 saturated carbocycles. The van der Waals surface area contributed by atoms with Crippen molar-refractivity contribution in [3.05, 3.63) is 0 Å². The van der Waals surface area contributed by atoms with E-state index in [1.54, 1.807) is 0 Å². The SMILES string of the molecule is CCC1(C(=O)N2CCCC2CO)CCNC1. The number of amides is 1. The Morgan fingerprint density at radius 2 is 2.44 bits per heavy atom. The number of hydrogen-bond acceptors (Lipinski definition) is 3. The molecule has 2 atom stereocenters. The molecule has 0 radical (unpaired) electrons. The number of hydrogen-bond donors (Lipinski definition) is 2. The number of carbonyl (C=O) groups excluding carboxylic acids is 1. The first-order valence-corrected chi connectivity index (χ1v) is 6.36. The zero-order valence-corrected chi connectivity index (χ0v) is 10.0. The van der Waals surface area contributed by atoms with Gasteiger partial charge in [-0.3, -0.25) is 4.79 Å². The molecule has 2 saturated heterocycles. The molecule has 16 heavy (non-hydrogen) atoms. The zero-order chi connectivity index (χ0) is 11.6. The minimum Gasteiger partial charge on any atom is -0.394 e. The second-order valence-electron chi connectivity index (χ2n) is 5.04. The highest BCUT2D eigenvalue weighted by atomic mass is 16.3. The van der Waals surface area contributed by atoms with Crippen molar-refractivity contribution >= 4 is 5.91 Å². The number of carbonyl (C=O) groups is 1. The summed E-state index contributed by atoms with van der Waals surface area (Å²) in [4.78, 5) is 14.5. The van der Waals surface area contributed by atoms with E-state index in [0.29, 0.717) is 0 Å². The molecule has 0 aliphatic carbocycles. The zero-order valence-electron chi connectivity index (χ0n) is 10.0. The molecule has 4 nitrogen and oxygen atoms in total. The van der Waals surface area contributed by atoms with Crippen LogP contribution >= 0.6 is 0 Å². The van der Waals surface area contributed by atoms with Crippen molar-refractivity contribution in [1.82, 2.24) is 10.2 Å². The van der Waals surface area contributed by atoms with Crippen molar-refractivity contribution < 1.29 is 9.90 Å². The lowest BCUT2D eigenvalue weighted by Gasteiger charge is -2.33. The molecule has 2 N–H and O–H groups in total. The summed E-state index contributed by atoms with van der Waals surface area (Å²) in [5.41, 5.74) is -0.197. The maximum absolute atomic E-state index is 12.5. The third-order valence-corrected chi connectivity index (χ3v) is 4.22. The molecule has 92 valence electrons. The first-order chi connectivity index (χ1) is 7.73. The molecule has 0 aromatic rings. The normalized spacial score (nSPS) is 34.6. The van der Waals surface area contributed by atoms with Crippen LogP contribution in [0.3, 0.4) is 0 Å².